The molecule has 1 heterocycles. The number of likely N-dealkylation sites (tertiary alicyclic amines) is 1. The van der Waals surface area contributed by atoms with Crippen molar-refractivity contribution in [1.82, 2.24) is 4.90 Å². The number of ether oxygens (including phenoxy) is 2. The van der Waals surface area contributed by atoms with Gasteiger partial charge in [-0.25, -0.2) is 0 Å². The highest BCUT2D eigenvalue weighted by Crippen LogP contribution is 2.50. The third-order valence-corrected chi connectivity index (χ3v) is 6.36. The number of ketones is 1. The van der Waals surface area contributed by atoms with Gasteiger partial charge in [-0.3, -0.25) is 9.59 Å². The van der Waals surface area contributed by atoms with E-state index in [4.69, 9.17) is 9.47 Å². The van der Waals surface area contributed by atoms with Crippen molar-refractivity contribution in [2.24, 2.45) is 0 Å². The SMILES string of the molecule is CCCCCC[C@@H](C)N1C(=O)CC2(c3ccc(OC)c(OC)c3)C(=O)CCC=C12. The van der Waals surface area contributed by atoms with Crippen molar-refractivity contribution < 1.29 is 19.1 Å². The number of amides is 1. The largest absolute Gasteiger partial charge is 0.493 e. The number of fused-ring (bicyclic) bond motifs is 1. The minimum absolute atomic E-state index is 0.0456. The lowest BCUT2D eigenvalue weighted by Crippen LogP contribution is -2.41. The van der Waals surface area contributed by atoms with Crippen LogP contribution in [0.15, 0.2) is 30.0 Å². The third-order valence-electron chi connectivity index (χ3n) is 6.36. The van der Waals surface area contributed by atoms with Gasteiger partial charge in [0.1, 0.15) is 11.2 Å². The lowest BCUT2D eigenvalue weighted by atomic mass is 9.69. The van der Waals surface area contributed by atoms with Crippen molar-refractivity contribution in [1.29, 1.82) is 0 Å². The number of hydrogen-bond acceptors (Lipinski definition) is 4. The Kier molecular flexibility index (Phi) is 6.66. The maximum atomic E-state index is 13.3. The first kappa shape index (κ1) is 21.4. The van der Waals surface area contributed by atoms with E-state index in [-0.39, 0.29) is 24.2 Å². The Hall–Kier alpha value is -2.30. The quantitative estimate of drug-likeness (QED) is 0.561. The highest BCUT2D eigenvalue weighted by atomic mass is 16.5. The highest BCUT2D eigenvalue weighted by Gasteiger charge is 2.55. The third kappa shape index (κ3) is 3.79. The summed E-state index contributed by atoms with van der Waals surface area (Å²) >= 11 is 0. The fourth-order valence-corrected chi connectivity index (χ4v) is 4.80. The molecule has 1 amide bonds. The van der Waals surface area contributed by atoms with E-state index in [1.54, 1.807) is 14.2 Å². The molecule has 158 valence electrons. The number of benzene rings is 1. The summed E-state index contributed by atoms with van der Waals surface area (Å²) in [6.07, 6.45) is 9.11. The molecule has 5 nitrogen and oxygen atoms in total. The number of carbonyl (C=O) groups is 2. The first-order chi connectivity index (χ1) is 14.0. The van der Waals surface area contributed by atoms with E-state index >= 15 is 0 Å². The van der Waals surface area contributed by atoms with E-state index in [9.17, 15) is 9.59 Å². The Labute approximate surface area is 174 Å². The van der Waals surface area contributed by atoms with Crippen LogP contribution in [0.25, 0.3) is 0 Å². The van der Waals surface area contributed by atoms with Gasteiger partial charge in [0.25, 0.3) is 0 Å². The fourth-order valence-electron chi connectivity index (χ4n) is 4.80. The molecule has 2 aliphatic rings. The average Bonchev–Trinajstić information content (AvgIpc) is 3.04. The van der Waals surface area contributed by atoms with Crippen LogP contribution >= 0.6 is 0 Å². The monoisotopic (exact) mass is 399 g/mol. The van der Waals surface area contributed by atoms with Crippen LogP contribution in [-0.4, -0.2) is 36.9 Å². The van der Waals surface area contributed by atoms with Gasteiger partial charge in [0.15, 0.2) is 11.5 Å². The molecule has 0 spiro atoms. The standard InChI is InChI=1S/C24H33NO4/c1-5-6-7-8-10-17(2)25-21-11-9-12-22(26)24(21,16-23(25)27)18-13-14-19(28-3)20(15-18)29-4/h11,13-15,17H,5-10,12,16H2,1-4H3/t17-,24?/m1/s1. The number of carbonyl (C=O) groups excluding carboxylic acids is 2. The zero-order valence-electron chi connectivity index (χ0n) is 18.1. The molecular weight excluding hydrogens is 366 g/mol. The molecule has 1 aromatic carbocycles. The van der Waals surface area contributed by atoms with Crippen LogP contribution in [0.2, 0.25) is 0 Å². The van der Waals surface area contributed by atoms with Crippen molar-refractivity contribution in [3.63, 3.8) is 0 Å². The summed E-state index contributed by atoms with van der Waals surface area (Å²) in [4.78, 5) is 28.3. The van der Waals surface area contributed by atoms with Crippen molar-refractivity contribution in [2.45, 2.75) is 76.7 Å². The van der Waals surface area contributed by atoms with Gasteiger partial charge in [0, 0.05) is 24.6 Å². The maximum Gasteiger partial charge on any atom is 0.228 e. The van der Waals surface area contributed by atoms with Gasteiger partial charge >= 0.3 is 0 Å². The van der Waals surface area contributed by atoms with Gasteiger partial charge in [0.05, 0.1) is 14.2 Å². The Morgan fingerprint density at radius 2 is 1.86 bits per heavy atom. The maximum absolute atomic E-state index is 13.3. The molecule has 2 atom stereocenters. The number of Topliss-reactive ketones (excluding diaryl/α,β-unsaturated/α-hetero) is 1. The molecule has 0 N–H and O–H groups in total. The van der Waals surface area contributed by atoms with Gasteiger partial charge in [0.2, 0.25) is 5.91 Å². The molecule has 1 fully saturated rings. The molecule has 1 aliphatic heterocycles. The van der Waals surface area contributed by atoms with Crippen molar-refractivity contribution in [3.05, 3.63) is 35.5 Å². The number of hydrogen-bond donors (Lipinski definition) is 0. The Balaban J connectivity index is 1.97. The Bertz CT molecular complexity index is 800. The normalized spacial score (nSPS) is 22.3. The summed E-state index contributed by atoms with van der Waals surface area (Å²) in [5.41, 5.74) is 0.793. The molecule has 1 aromatic rings. The molecule has 5 heteroatoms. The summed E-state index contributed by atoms with van der Waals surface area (Å²) in [5.74, 6) is 1.36. The second-order valence-corrected chi connectivity index (χ2v) is 8.17. The van der Waals surface area contributed by atoms with E-state index in [2.05, 4.69) is 19.9 Å². The first-order valence-electron chi connectivity index (χ1n) is 10.8. The predicted molar refractivity (Wildman–Crippen MR) is 113 cm³/mol. The highest BCUT2D eigenvalue weighted by molar-refractivity contribution is 6.03. The second kappa shape index (κ2) is 9.02. The molecule has 29 heavy (non-hydrogen) atoms. The van der Waals surface area contributed by atoms with Crippen LogP contribution in [0.1, 0.15) is 70.8 Å². The summed E-state index contributed by atoms with van der Waals surface area (Å²) in [6.45, 7) is 4.30. The van der Waals surface area contributed by atoms with Gasteiger partial charge < -0.3 is 14.4 Å². The lowest BCUT2D eigenvalue weighted by Gasteiger charge is -2.36. The molecule has 0 radical (unpaired) electrons. The number of allylic oxidation sites excluding steroid dienone is 2. The van der Waals surface area contributed by atoms with Crippen LogP contribution in [0.3, 0.4) is 0 Å². The topological polar surface area (TPSA) is 55.8 Å². The van der Waals surface area contributed by atoms with Crippen molar-refractivity contribution >= 4 is 11.7 Å². The van der Waals surface area contributed by atoms with Crippen molar-refractivity contribution in [2.75, 3.05) is 14.2 Å². The summed E-state index contributed by atoms with van der Waals surface area (Å²) in [5, 5.41) is 0. The van der Waals surface area contributed by atoms with Gasteiger partial charge in [-0.15, -0.1) is 0 Å². The van der Waals surface area contributed by atoms with Gasteiger partial charge in [-0.05, 0) is 37.5 Å². The Morgan fingerprint density at radius 1 is 1.10 bits per heavy atom. The van der Waals surface area contributed by atoms with Crippen LogP contribution in [0.5, 0.6) is 11.5 Å². The second-order valence-electron chi connectivity index (χ2n) is 8.17. The number of rotatable bonds is 9. The molecule has 0 bridgehead atoms. The minimum Gasteiger partial charge on any atom is -0.493 e. The molecule has 0 aromatic heterocycles. The average molecular weight is 400 g/mol. The van der Waals surface area contributed by atoms with E-state index in [1.807, 2.05) is 23.1 Å². The molecule has 0 saturated carbocycles. The van der Waals surface area contributed by atoms with Gasteiger partial charge in [-0.2, -0.15) is 0 Å². The minimum atomic E-state index is -0.896. The van der Waals surface area contributed by atoms with E-state index in [0.717, 1.165) is 24.1 Å². The summed E-state index contributed by atoms with van der Waals surface area (Å²) < 4.78 is 10.8. The molecule has 1 saturated heterocycles. The molecule has 3 rings (SSSR count). The zero-order valence-corrected chi connectivity index (χ0v) is 18.1. The summed E-state index contributed by atoms with van der Waals surface area (Å²) in [7, 11) is 3.18. The van der Waals surface area contributed by atoms with Crippen LogP contribution in [-0.2, 0) is 15.0 Å². The number of methoxy groups -OCH3 is 2. The number of unbranched alkanes of at least 4 members (excludes halogenated alkanes) is 3. The van der Waals surface area contributed by atoms with Crippen LogP contribution in [0, 0.1) is 0 Å². The molecule has 1 unspecified atom stereocenters. The van der Waals surface area contributed by atoms with Crippen LogP contribution in [0.4, 0.5) is 0 Å². The zero-order chi connectivity index (χ0) is 21.0. The lowest BCUT2D eigenvalue weighted by molar-refractivity contribution is -0.129. The first-order valence-corrected chi connectivity index (χ1v) is 10.8. The molecular formula is C24H33NO4. The molecule has 1 aliphatic carbocycles. The Morgan fingerprint density at radius 3 is 2.55 bits per heavy atom. The van der Waals surface area contributed by atoms with Crippen LogP contribution < -0.4 is 9.47 Å². The van der Waals surface area contributed by atoms with Crippen molar-refractivity contribution in [3.8, 4) is 11.5 Å². The number of nitrogens with zero attached hydrogens (tertiary/aromatic N) is 1. The van der Waals surface area contributed by atoms with E-state index in [0.29, 0.717) is 24.3 Å². The van der Waals surface area contributed by atoms with E-state index in [1.165, 1.54) is 19.3 Å². The fraction of sp³-hybridized carbons (Fsp3) is 0.583. The predicted octanol–water partition coefficient (Wildman–Crippen LogP) is 4.78. The van der Waals surface area contributed by atoms with E-state index < -0.39 is 5.41 Å². The summed E-state index contributed by atoms with van der Waals surface area (Å²) in [6, 6.07) is 5.68. The smallest absolute Gasteiger partial charge is 0.228 e. The van der Waals surface area contributed by atoms with Gasteiger partial charge in [-0.1, -0.05) is 44.7 Å².